The number of thiazole rings is 1. The van der Waals surface area contributed by atoms with Crippen LogP contribution in [-0.4, -0.2) is 29.2 Å². The maximum atomic E-state index is 13.9. The van der Waals surface area contributed by atoms with Gasteiger partial charge in [0.15, 0.2) is 11.5 Å². The van der Waals surface area contributed by atoms with Gasteiger partial charge < -0.3 is 14.5 Å². The molecular weight excluding hydrogens is 659 g/mol. The van der Waals surface area contributed by atoms with E-state index in [0.717, 1.165) is 31.8 Å². The van der Waals surface area contributed by atoms with E-state index in [0.29, 0.717) is 32.3 Å². The van der Waals surface area contributed by atoms with Crippen molar-refractivity contribution in [2.75, 3.05) is 12.0 Å². The Hall–Kier alpha value is -2.76. The number of halogens is 3. The summed E-state index contributed by atoms with van der Waals surface area (Å²) >= 11 is 18.0. The zero-order valence-corrected chi connectivity index (χ0v) is 25.4. The summed E-state index contributed by atoms with van der Waals surface area (Å²) < 4.78 is 12.5. The third-order valence-electron chi connectivity index (χ3n) is 6.85. The normalized spacial score (nSPS) is 19.9. The number of nitrogens with one attached hydrogen (secondary N) is 1. The van der Waals surface area contributed by atoms with Gasteiger partial charge in [0.05, 0.1) is 23.7 Å². The molecule has 7 nitrogen and oxygen atoms in total. The number of nitrogens with zero attached hydrogens (tertiary/aromatic N) is 1. The fraction of sp³-hybridized carbons (Fsp3) is 0.179. The first-order chi connectivity index (χ1) is 19.2. The molecule has 2 aliphatic rings. The number of ether oxygens (including phenoxy) is 2. The number of thioether (sulfide) groups is 1. The molecule has 1 saturated heterocycles. The fourth-order valence-corrected chi connectivity index (χ4v) is 8.25. The fourth-order valence-electron chi connectivity index (χ4n) is 5.01. The monoisotopic (exact) mass is 676 g/mol. The number of aromatic amines is 1. The van der Waals surface area contributed by atoms with Gasteiger partial charge >= 0.3 is 4.87 Å². The van der Waals surface area contributed by atoms with Gasteiger partial charge in [-0.25, -0.2) is 4.90 Å². The molecule has 2 amide bonds. The molecule has 1 aromatic heterocycles. The molecule has 40 heavy (non-hydrogen) atoms. The van der Waals surface area contributed by atoms with Gasteiger partial charge in [-0.05, 0) is 54.1 Å². The van der Waals surface area contributed by atoms with Gasteiger partial charge in [-0.3, -0.25) is 14.4 Å². The highest BCUT2D eigenvalue weighted by atomic mass is 79.9. The van der Waals surface area contributed by atoms with E-state index in [1.54, 1.807) is 54.6 Å². The van der Waals surface area contributed by atoms with Crippen LogP contribution in [0.3, 0.4) is 0 Å². The van der Waals surface area contributed by atoms with Crippen LogP contribution in [0.25, 0.3) is 0 Å². The first kappa shape index (κ1) is 27.4. The van der Waals surface area contributed by atoms with E-state index in [1.807, 2.05) is 6.07 Å². The number of fused-ring (bicyclic) bond motifs is 2. The van der Waals surface area contributed by atoms with Crippen LogP contribution in [0.15, 0.2) is 75.0 Å². The minimum absolute atomic E-state index is 0.190. The summed E-state index contributed by atoms with van der Waals surface area (Å²) in [5, 5.41) is 0.942. The lowest BCUT2D eigenvalue weighted by molar-refractivity contribution is -0.122. The summed E-state index contributed by atoms with van der Waals surface area (Å²) in [5.74, 6) is -0.926. The molecule has 204 valence electrons. The number of H-pyrrole nitrogens is 1. The first-order valence-corrected chi connectivity index (χ1v) is 15.3. The molecule has 0 aliphatic carbocycles. The minimum atomic E-state index is -0.704. The molecule has 0 unspecified atom stereocenters. The van der Waals surface area contributed by atoms with E-state index in [4.69, 9.17) is 32.7 Å². The Morgan fingerprint density at radius 3 is 2.48 bits per heavy atom. The zero-order chi connectivity index (χ0) is 28.1. The number of amides is 2. The predicted molar refractivity (Wildman–Crippen MR) is 160 cm³/mol. The van der Waals surface area contributed by atoms with Crippen molar-refractivity contribution in [3.05, 3.63) is 101 Å². The standard InChI is InChI=1S/C28H19BrCl2N2O5S2/c1-37-20-10-13(3-9-19(20)38-12-14-2-6-16(30)11-18(14)31)21-22-24(39-25-23(21)40-28(36)32-25)27(35)33(26(22)34)17-7-4-15(29)5-8-17/h2-11,21-22,24H,12H2,1H3,(H,32,36)/t21-,22-,24+/m0/s1. The number of anilines is 1. The molecular formula is C28H19BrCl2N2O5S2. The second kappa shape index (κ2) is 10.9. The number of imide groups is 1. The highest BCUT2D eigenvalue weighted by Gasteiger charge is 2.56. The van der Waals surface area contributed by atoms with Gasteiger partial charge in [-0.2, -0.15) is 0 Å². The Morgan fingerprint density at radius 2 is 1.75 bits per heavy atom. The van der Waals surface area contributed by atoms with Crippen molar-refractivity contribution in [2.45, 2.75) is 22.8 Å². The van der Waals surface area contributed by atoms with Crippen LogP contribution in [0.5, 0.6) is 11.5 Å². The topological polar surface area (TPSA) is 88.7 Å². The first-order valence-electron chi connectivity index (χ1n) is 12.0. The van der Waals surface area contributed by atoms with Crippen LogP contribution in [-0.2, 0) is 16.2 Å². The number of benzene rings is 3. The molecule has 1 fully saturated rings. The lowest BCUT2D eigenvalue weighted by atomic mass is 9.83. The summed E-state index contributed by atoms with van der Waals surface area (Å²) in [6.45, 7) is 0.190. The second-order valence-corrected chi connectivity index (χ2v) is 13.1. The Kier molecular flexibility index (Phi) is 7.47. The SMILES string of the molecule is COc1cc([C@@H]2c3sc(=O)[nH]c3S[C@H]3C(=O)N(c4ccc(Br)cc4)C(=O)[C@@H]23)ccc1OCc1ccc(Cl)cc1Cl. The molecule has 0 bridgehead atoms. The number of hydrogen-bond acceptors (Lipinski definition) is 7. The molecule has 0 radical (unpaired) electrons. The van der Waals surface area contributed by atoms with Gasteiger partial charge in [0.25, 0.3) is 0 Å². The minimum Gasteiger partial charge on any atom is -0.493 e. The summed E-state index contributed by atoms with van der Waals surface area (Å²) in [4.78, 5) is 44.5. The quantitative estimate of drug-likeness (QED) is 0.224. The molecule has 3 atom stereocenters. The average molecular weight is 678 g/mol. The predicted octanol–water partition coefficient (Wildman–Crippen LogP) is 6.89. The molecule has 4 aromatic rings. The van der Waals surface area contributed by atoms with Crippen LogP contribution in [0.4, 0.5) is 5.69 Å². The van der Waals surface area contributed by atoms with Crippen molar-refractivity contribution in [1.29, 1.82) is 0 Å². The molecule has 0 spiro atoms. The Labute approximate surface area is 255 Å². The van der Waals surface area contributed by atoms with Crippen molar-refractivity contribution in [2.24, 2.45) is 5.92 Å². The van der Waals surface area contributed by atoms with E-state index < -0.39 is 17.1 Å². The lowest BCUT2D eigenvalue weighted by Gasteiger charge is -2.30. The molecule has 3 heterocycles. The van der Waals surface area contributed by atoms with Gasteiger partial charge in [-0.15, -0.1) is 0 Å². The van der Waals surface area contributed by atoms with E-state index in [2.05, 4.69) is 20.9 Å². The lowest BCUT2D eigenvalue weighted by Crippen LogP contribution is -2.32. The number of aromatic nitrogens is 1. The van der Waals surface area contributed by atoms with E-state index in [-0.39, 0.29) is 23.3 Å². The van der Waals surface area contributed by atoms with Gasteiger partial charge in [-0.1, -0.05) is 74.4 Å². The van der Waals surface area contributed by atoms with Crippen molar-refractivity contribution < 1.29 is 19.1 Å². The number of rotatable bonds is 6. The maximum Gasteiger partial charge on any atom is 0.305 e. The van der Waals surface area contributed by atoms with Crippen LogP contribution in [0.2, 0.25) is 10.0 Å². The Morgan fingerprint density at radius 1 is 0.975 bits per heavy atom. The molecule has 12 heteroatoms. The maximum absolute atomic E-state index is 13.9. The summed E-state index contributed by atoms with van der Waals surface area (Å²) in [6, 6.07) is 17.6. The van der Waals surface area contributed by atoms with E-state index in [9.17, 15) is 14.4 Å². The zero-order valence-electron chi connectivity index (χ0n) is 20.7. The number of carbonyl (C=O) groups excluding carboxylic acids is 2. The third kappa shape index (κ3) is 4.86. The van der Waals surface area contributed by atoms with E-state index in [1.165, 1.54) is 23.8 Å². The van der Waals surface area contributed by atoms with Gasteiger partial charge in [0, 0.05) is 30.9 Å². The van der Waals surface area contributed by atoms with Crippen LogP contribution in [0.1, 0.15) is 21.9 Å². The van der Waals surface area contributed by atoms with Crippen molar-refractivity contribution in [3.63, 3.8) is 0 Å². The molecule has 0 saturated carbocycles. The number of hydrogen-bond donors (Lipinski definition) is 1. The third-order valence-corrected chi connectivity index (χ3v) is 10.4. The molecule has 1 N–H and O–H groups in total. The highest BCUT2D eigenvalue weighted by Crippen LogP contribution is 2.53. The highest BCUT2D eigenvalue weighted by molar-refractivity contribution is 9.10. The van der Waals surface area contributed by atoms with Gasteiger partial charge in [0.1, 0.15) is 11.9 Å². The summed E-state index contributed by atoms with van der Waals surface area (Å²) in [7, 11) is 1.53. The second-order valence-electron chi connectivity index (χ2n) is 9.17. The van der Waals surface area contributed by atoms with Crippen LogP contribution >= 0.6 is 62.2 Å². The Balaban J connectivity index is 1.37. The summed E-state index contributed by atoms with van der Waals surface area (Å²) in [5.41, 5.74) is 2.00. The van der Waals surface area contributed by atoms with Crippen molar-refractivity contribution in [1.82, 2.24) is 4.98 Å². The van der Waals surface area contributed by atoms with Crippen LogP contribution < -0.4 is 19.2 Å². The van der Waals surface area contributed by atoms with Crippen molar-refractivity contribution >= 4 is 79.7 Å². The van der Waals surface area contributed by atoms with Gasteiger partial charge in [0.2, 0.25) is 11.8 Å². The van der Waals surface area contributed by atoms with Crippen LogP contribution in [0, 0.1) is 5.92 Å². The molecule has 2 aliphatic heterocycles. The number of carbonyl (C=O) groups is 2. The smallest absolute Gasteiger partial charge is 0.305 e. The van der Waals surface area contributed by atoms with E-state index >= 15 is 0 Å². The largest absolute Gasteiger partial charge is 0.493 e. The summed E-state index contributed by atoms with van der Waals surface area (Å²) in [6.07, 6.45) is 0. The molecule has 3 aromatic carbocycles. The van der Waals surface area contributed by atoms with Crippen molar-refractivity contribution in [3.8, 4) is 11.5 Å². The molecule has 6 rings (SSSR count). The number of methoxy groups -OCH3 is 1. The Bertz CT molecular complexity index is 1710. The average Bonchev–Trinajstić information content (AvgIpc) is 3.43.